The summed E-state index contributed by atoms with van der Waals surface area (Å²) in [6.45, 7) is 24.0. The van der Waals surface area contributed by atoms with Crippen molar-refractivity contribution >= 4 is 16.7 Å². The number of allylic oxidation sites excluding steroid dienone is 3. The molecule has 0 bridgehead atoms. The minimum Gasteiger partial charge on any atom is -0.507 e. The van der Waals surface area contributed by atoms with Crippen molar-refractivity contribution in [1.29, 1.82) is 0 Å². The number of phenols is 2. The van der Waals surface area contributed by atoms with Gasteiger partial charge in [0.2, 0.25) is 0 Å². The van der Waals surface area contributed by atoms with Crippen LogP contribution in [-0.4, -0.2) is 10.2 Å². The summed E-state index contributed by atoms with van der Waals surface area (Å²) in [5.74, 6) is 0.534. The SMILES string of the molecule is C=C(C)c1cc(Cc2cc(C(=C)C)c(O)c(C(C)(C)C)c2)cc(C(=C)C)c1O. The smallest absolute Gasteiger partial charge is 0.130 e. The molecule has 2 aromatic rings. The monoisotopic (exact) mass is 376 g/mol. The lowest BCUT2D eigenvalue weighted by molar-refractivity contribution is 0.444. The third-order valence-corrected chi connectivity index (χ3v) is 4.94. The second-order valence-corrected chi connectivity index (χ2v) is 8.85. The second-order valence-electron chi connectivity index (χ2n) is 8.85. The fourth-order valence-corrected chi connectivity index (χ4v) is 3.38. The lowest BCUT2D eigenvalue weighted by Gasteiger charge is -2.24. The molecule has 0 saturated carbocycles. The van der Waals surface area contributed by atoms with E-state index in [2.05, 4.69) is 46.6 Å². The van der Waals surface area contributed by atoms with Crippen LogP contribution in [0.4, 0.5) is 0 Å². The number of benzene rings is 2. The van der Waals surface area contributed by atoms with E-state index in [1.807, 2.05) is 39.0 Å². The van der Waals surface area contributed by atoms with Crippen LogP contribution in [0.1, 0.15) is 74.9 Å². The summed E-state index contributed by atoms with van der Waals surface area (Å²) in [7, 11) is 0. The van der Waals surface area contributed by atoms with Crippen LogP contribution in [0.15, 0.2) is 44.0 Å². The lowest BCUT2D eigenvalue weighted by Crippen LogP contribution is -2.13. The molecule has 0 radical (unpaired) electrons. The second kappa shape index (κ2) is 7.71. The van der Waals surface area contributed by atoms with Crippen molar-refractivity contribution < 1.29 is 10.2 Å². The van der Waals surface area contributed by atoms with Crippen molar-refractivity contribution in [3.8, 4) is 11.5 Å². The highest BCUT2D eigenvalue weighted by molar-refractivity contribution is 5.77. The first kappa shape index (κ1) is 21.6. The molecule has 0 heterocycles. The van der Waals surface area contributed by atoms with Crippen LogP contribution < -0.4 is 0 Å². The molecule has 2 nitrogen and oxygen atoms in total. The van der Waals surface area contributed by atoms with E-state index in [0.29, 0.717) is 12.2 Å². The zero-order chi connectivity index (χ0) is 21.4. The molecule has 0 saturated heterocycles. The van der Waals surface area contributed by atoms with E-state index in [4.69, 9.17) is 0 Å². The Kier molecular flexibility index (Phi) is 5.94. The van der Waals surface area contributed by atoms with Crippen molar-refractivity contribution in [2.45, 2.75) is 53.4 Å². The summed E-state index contributed by atoms with van der Waals surface area (Å²) in [4.78, 5) is 0. The topological polar surface area (TPSA) is 40.5 Å². The quantitative estimate of drug-likeness (QED) is 0.585. The summed E-state index contributed by atoms with van der Waals surface area (Å²) in [6, 6.07) is 8.03. The molecule has 0 atom stereocenters. The average Bonchev–Trinajstić information content (AvgIpc) is 2.55. The Balaban J connectivity index is 2.65. The zero-order valence-corrected chi connectivity index (χ0v) is 18.0. The molecule has 2 aromatic carbocycles. The van der Waals surface area contributed by atoms with Gasteiger partial charge in [0.05, 0.1) is 0 Å². The van der Waals surface area contributed by atoms with Gasteiger partial charge in [-0.2, -0.15) is 0 Å². The van der Waals surface area contributed by atoms with Gasteiger partial charge in [0.15, 0.2) is 0 Å². The summed E-state index contributed by atoms with van der Waals surface area (Å²) in [5, 5.41) is 21.3. The van der Waals surface area contributed by atoms with Gasteiger partial charge in [0.25, 0.3) is 0 Å². The molecule has 0 fully saturated rings. The lowest BCUT2D eigenvalue weighted by atomic mass is 9.82. The van der Waals surface area contributed by atoms with Crippen molar-refractivity contribution in [1.82, 2.24) is 0 Å². The first-order chi connectivity index (χ1) is 12.8. The molecular formula is C26H32O2. The fraction of sp³-hybridized carbons (Fsp3) is 0.308. The molecule has 0 aliphatic carbocycles. The van der Waals surface area contributed by atoms with E-state index in [1.165, 1.54) is 0 Å². The van der Waals surface area contributed by atoms with Gasteiger partial charge < -0.3 is 10.2 Å². The largest absolute Gasteiger partial charge is 0.507 e. The minimum atomic E-state index is -0.190. The molecule has 0 amide bonds. The molecule has 0 aliphatic rings. The Morgan fingerprint density at radius 3 is 1.43 bits per heavy atom. The molecule has 0 aliphatic heterocycles. The first-order valence-electron chi connectivity index (χ1n) is 9.52. The van der Waals surface area contributed by atoms with E-state index in [-0.39, 0.29) is 11.2 Å². The van der Waals surface area contributed by atoms with Gasteiger partial charge in [-0.05, 0) is 78.7 Å². The molecule has 0 aromatic heterocycles. The van der Waals surface area contributed by atoms with Crippen LogP contribution in [-0.2, 0) is 11.8 Å². The highest BCUT2D eigenvalue weighted by Gasteiger charge is 2.22. The normalized spacial score (nSPS) is 11.4. The fourth-order valence-electron chi connectivity index (χ4n) is 3.38. The number of phenolic OH excluding ortho intramolecular Hbond substituents is 2. The zero-order valence-electron chi connectivity index (χ0n) is 18.0. The molecular weight excluding hydrogens is 344 g/mol. The summed E-state index contributed by atoms with van der Waals surface area (Å²) < 4.78 is 0. The molecule has 2 heteroatoms. The van der Waals surface area contributed by atoms with Crippen LogP contribution in [0.25, 0.3) is 16.7 Å². The summed E-state index contributed by atoms with van der Waals surface area (Å²) in [5.41, 5.74) is 7.58. The highest BCUT2D eigenvalue weighted by Crippen LogP contribution is 2.38. The van der Waals surface area contributed by atoms with E-state index >= 15 is 0 Å². The molecule has 148 valence electrons. The maximum absolute atomic E-state index is 10.7. The average molecular weight is 377 g/mol. The Bertz CT molecular complexity index is 934. The van der Waals surface area contributed by atoms with Crippen molar-refractivity contribution in [2.24, 2.45) is 0 Å². The maximum atomic E-state index is 10.7. The third kappa shape index (κ3) is 4.39. The van der Waals surface area contributed by atoms with Crippen molar-refractivity contribution in [3.05, 3.63) is 77.4 Å². The van der Waals surface area contributed by atoms with Gasteiger partial charge in [-0.3, -0.25) is 0 Å². The molecule has 28 heavy (non-hydrogen) atoms. The number of aromatic hydroxyl groups is 2. The van der Waals surface area contributed by atoms with Crippen LogP contribution in [0.3, 0.4) is 0 Å². The van der Waals surface area contributed by atoms with E-state index in [9.17, 15) is 10.2 Å². The highest BCUT2D eigenvalue weighted by atomic mass is 16.3. The van der Waals surface area contributed by atoms with E-state index in [1.54, 1.807) is 0 Å². The summed E-state index contributed by atoms with van der Waals surface area (Å²) in [6.07, 6.45) is 0.671. The third-order valence-electron chi connectivity index (χ3n) is 4.94. The molecule has 0 unspecified atom stereocenters. The van der Waals surface area contributed by atoms with Crippen molar-refractivity contribution in [2.75, 3.05) is 0 Å². The van der Waals surface area contributed by atoms with Gasteiger partial charge >= 0.3 is 0 Å². The standard InChI is InChI=1S/C26H32O2/c1-15(2)20-11-18(12-21(16(3)4)24(20)27)10-19-13-22(17(5)6)25(28)23(14-19)26(7,8)9/h11-14,27-28H,1,3,5,10H2,2,4,6-9H3. The van der Waals surface area contributed by atoms with E-state index < -0.39 is 0 Å². The van der Waals surface area contributed by atoms with Crippen LogP contribution in [0.2, 0.25) is 0 Å². The first-order valence-corrected chi connectivity index (χ1v) is 9.52. The van der Waals surface area contributed by atoms with Crippen LogP contribution >= 0.6 is 0 Å². The predicted molar refractivity (Wildman–Crippen MR) is 122 cm³/mol. The van der Waals surface area contributed by atoms with Crippen molar-refractivity contribution in [3.63, 3.8) is 0 Å². The van der Waals surface area contributed by atoms with Gasteiger partial charge in [-0.25, -0.2) is 0 Å². The number of hydrogen-bond acceptors (Lipinski definition) is 2. The van der Waals surface area contributed by atoms with Crippen LogP contribution in [0, 0.1) is 0 Å². The van der Waals surface area contributed by atoms with Gasteiger partial charge in [-0.1, -0.05) is 46.6 Å². The Morgan fingerprint density at radius 2 is 1.07 bits per heavy atom. The molecule has 2 N–H and O–H groups in total. The Hall–Kier alpha value is -2.74. The maximum Gasteiger partial charge on any atom is 0.130 e. The molecule has 0 spiro atoms. The van der Waals surface area contributed by atoms with Gasteiger partial charge in [0, 0.05) is 22.3 Å². The number of rotatable bonds is 5. The minimum absolute atomic E-state index is 0.190. The molecule has 2 rings (SSSR count). The summed E-state index contributed by atoms with van der Waals surface area (Å²) >= 11 is 0. The Morgan fingerprint density at radius 1 is 0.714 bits per heavy atom. The van der Waals surface area contributed by atoms with Gasteiger partial charge in [0.1, 0.15) is 11.5 Å². The van der Waals surface area contributed by atoms with Crippen LogP contribution in [0.5, 0.6) is 11.5 Å². The number of hydrogen-bond donors (Lipinski definition) is 2. The van der Waals surface area contributed by atoms with E-state index in [0.717, 1.165) is 50.1 Å². The Labute approximate surface area is 169 Å². The van der Waals surface area contributed by atoms with Gasteiger partial charge in [-0.15, -0.1) is 0 Å². The predicted octanol–water partition coefficient (Wildman–Crippen LogP) is 7.09.